The molecule has 1 atom stereocenters. The van der Waals surface area contributed by atoms with Gasteiger partial charge in [-0.05, 0) is 36.8 Å². The van der Waals surface area contributed by atoms with Gasteiger partial charge in [-0.3, -0.25) is 14.4 Å². The van der Waals surface area contributed by atoms with Crippen molar-refractivity contribution >= 4 is 41.0 Å². The second kappa shape index (κ2) is 12.9. The molecular formula is C28H31ClF3N5O5. The number of para-hydroxylation sites is 1. The summed E-state index contributed by atoms with van der Waals surface area (Å²) in [7, 11) is 0. The van der Waals surface area contributed by atoms with E-state index in [1.807, 2.05) is 0 Å². The van der Waals surface area contributed by atoms with Crippen molar-refractivity contribution in [2.24, 2.45) is 0 Å². The normalized spacial score (nSPS) is 17.3. The maximum Gasteiger partial charge on any atom is 0.422 e. The standard InChI is InChI=1S/C28H31ClF3N5O5/c1-18-15-37(26(40)22-8-7-21(13-23(22)29)42-17-28(30,31)32)24-6-4-3-5-20(24)16-36(18)27(41)33-14-25(39)35-11-9-34(10-12-35)19(2)38/h3-8,13,18H,9-12,14-17H2,1-2H3,(H,33,41)/t18-/m1/s1. The van der Waals surface area contributed by atoms with Crippen molar-refractivity contribution < 1.29 is 37.1 Å². The van der Waals surface area contributed by atoms with Gasteiger partial charge in [-0.1, -0.05) is 29.8 Å². The number of urea groups is 1. The molecule has 226 valence electrons. The maximum atomic E-state index is 13.7. The second-order valence-electron chi connectivity index (χ2n) is 10.1. The highest BCUT2D eigenvalue weighted by molar-refractivity contribution is 6.34. The van der Waals surface area contributed by atoms with Gasteiger partial charge in [0.05, 0.1) is 17.1 Å². The Morgan fingerprint density at radius 3 is 2.33 bits per heavy atom. The first-order valence-electron chi connectivity index (χ1n) is 13.3. The molecule has 5 amide bonds. The van der Waals surface area contributed by atoms with E-state index in [1.165, 1.54) is 28.9 Å². The van der Waals surface area contributed by atoms with Crippen LogP contribution in [0.5, 0.6) is 5.75 Å². The molecular weight excluding hydrogens is 579 g/mol. The number of hydrogen-bond donors (Lipinski definition) is 1. The average Bonchev–Trinajstić information content (AvgIpc) is 3.10. The number of nitrogens with one attached hydrogen (secondary N) is 1. The molecule has 1 fully saturated rings. The van der Waals surface area contributed by atoms with Crippen LogP contribution in [-0.4, -0.2) is 96.5 Å². The number of benzene rings is 2. The third kappa shape index (κ3) is 7.44. The molecule has 4 rings (SSSR count). The van der Waals surface area contributed by atoms with Crippen LogP contribution in [-0.2, 0) is 16.1 Å². The summed E-state index contributed by atoms with van der Waals surface area (Å²) in [6.07, 6.45) is -4.52. The first-order valence-corrected chi connectivity index (χ1v) is 13.7. The van der Waals surface area contributed by atoms with E-state index < -0.39 is 30.8 Å². The van der Waals surface area contributed by atoms with Crippen molar-refractivity contribution in [2.45, 2.75) is 32.6 Å². The number of halogens is 4. The lowest BCUT2D eigenvalue weighted by atomic mass is 10.1. The highest BCUT2D eigenvalue weighted by Gasteiger charge is 2.33. The molecule has 0 aromatic heterocycles. The Bertz CT molecular complexity index is 1350. The van der Waals surface area contributed by atoms with E-state index in [1.54, 1.807) is 41.0 Å². The molecule has 1 saturated heterocycles. The summed E-state index contributed by atoms with van der Waals surface area (Å²) in [6, 6.07) is 9.79. The van der Waals surface area contributed by atoms with Crippen molar-refractivity contribution in [3.05, 3.63) is 58.6 Å². The molecule has 0 spiro atoms. The number of alkyl halides is 3. The van der Waals surface area contributed by atoms with Crippen molar-refractivity contribution in [1.29, 1.82) is 0 Å². The van der Waals surface area contributed by atoms with Crippen LogP contribution in [0, 0.1) is 0 Å². The van der Waals surface area contributed by atoms with Crippen LogP contribution >= 0.6 is 11.6 Å². The van der Waals surface area contributed by atoms with Gasteiger partial charge in [0.15, 0.2) is 6.61 Å². The van der Waals surface area contributed by atoms with Crippen LogP contribution in [0.25, 0.3) is 0 Å². The molecule has 0 saturated carbocycles. The van der Waals surface area contributed by atoms with Crippen molar-refractivity contribution in [3.63, 3.8) is 0 Å². The van der Waals surface area contributed by atoms with Gasteiger partial charge in [0.1, 0.15) is 5.75 Å². The third-order valence-electron chi connectivity index (χ3n) is 7.15. The molecule has 2 aromatic rings. The molecule has 2 heterocycles. The van der Waals surface area contributed by atoms with E-state index in [9.17, 15) is 32.3 Å². The van der Waals surface area contributed by atoms with Gasteiger partial charge >= 0.3 is 12.2 Å². The molecule has 0 unspecified atom stereocenters. The van der Waals surface area contributed by atoms with Crippen LogP contribution in [0.2, 0.25) is 5.02 Å². The fourth-order valence-corrected chi connectivity index (χ4v) is 5.13. The average molecular weight is 610 g/mol. The van der Waals surface area contributed by atoms with Gasteiger partial charge in [-0.2, -0.15) is 13.2 Å². The van der Waals surface area contributed by atoms with Gasteiger partial charge in [0, 0.05) is 57.9 Å². The number of carbonyl (C=O) groups is 4. The number of ether oxygens (including phenoxy) is 1. The van der Waals surface area contributed by atoms with Gasteiger partial charge in [0.25, 0.3) is 5.91 Å². The topological polar surface area (TPSA) is 102 Å². The minimum absolute atomic E-state index is 0.0485. The Balaban J connectivity index is 1.45. The number of carbonyl (C=O) groups excluding carboxylic acids is 4. The Kier molecular flexibility index (Phi) is 9.50. The minimum atomic E-state index is -4.52. The Morgan fingerprint density at radius 1 is 1.02 bits per heavy atom. The highest BCUT2D eigenvalue weighted by atomic mass is 35.5. The molecule has 2 aliphatic heterocycles. The van der Waals surface area contributed by atoms with Crippen molar-refractivity contribution in [2.75, 3.05) is 50.8 Å². The number of amides is 5. The summed E-state index contributed by atoms with van der Waals surface area (Å²) in [5.74, 6) is -0.934. The summed E-state index contributed by atoms with van der Waals surface area (Å²) in [6.45, 7) is 3.44. The fourth-order valence-electron chi connectivity index (χ4n) is 4.88. The van der Waals surface area contributed by atoms with Crippen LogP contribution in [0.3, 0.4) is 0 Å². The smallest absolute Gasteiger partial charge is 0.422 e. The highest BCUT2D eigenvalue weighted by Crippen LogP contribution is 2.31. The van der Waals surface area contributed by atoms with Crippen LogP contribution < -0.4 is 15.0 Å². The molecule has 0 aliphatic carbocycles. The SMILES string of the molecule is CC(=O)N1CCN(C(=O)CNC(=O)N2Cc3ccccc3N(C(=O)c3ccc(OCC(F)(F)F)cc3Cl)C[C@H]2C)CC1. The van der Waals surface area contributed by atoms with Crippen LogP contribution in [0.1, 0.15) is 29.8 Å². The lowest BCUT2D eigenvalue weighted by Gasteiger charge is -2.34. The van der Waals surface area contributed by atoms with Gasteiger partial charge < -0.3 is 29.7 Å². The number of anilines is 1. The van der Waals surface area contributed by atoms with Crippen molar-refractivity contribution in [3.8, 4) is 5.75 Å². The van der Waals surface area contributed by atoms with Crippen LogP contribution in [0.15, 0.2) is 42.5 Å². The predicted octanol–water partition coefficient (Wildman–Crippen LogP) is 3.53. The number of fused-ring (bicyclic) bond motifs is 1. The largest absolute Gasteiger partial charge is 0.484 e. The van der Waals surface area contributed by atoms with Gasteiger partial charge in [-0.15, -0.1) is 0 Å². The summed E-state index contributed by atoms with van der Waals surface area (Å²) >= 11 is 6.30. The number of nitrogens with zero attached hydrogens (tertiary/aromatic N) is 4. The second-order valence-corrected chi connectivity index (χ2v) is 10.5. The Morgan fingerprint density at radius 2 is 1.69 bits per heavy atom. The molecule has 2 aromatic carbocycles. The third-order valence-corrected chi connectivity index (χ3v) is 7.46. The van der Waals surface area contributed by atoms with E-state index >= 15 is 0 Å². The quantitative estimate of drug-likeness (QED) is 0.559. The summed E-state index contributed by atoms with van der Waals surface area (Å²) in [4.78, 5) is 57.4. The van der Waals surface area contributed by atoms with E-state index in [0.717, 1.165) is 6.07 Å². The predicted molar refractivity (Wildman–Crippen MR) is 148 cm³/mol. The number of piperazine rings is 1. The molecule has 2 aliphatic rings. The summed E-state index contributed by atoms with van der Waals surface area (Å²) < 4.78 is 42.3. The molecule has 14 heteroatoms. The van der Waals surface area contributed by atoms with Crippen LogP contribution in [0.4, 0.5) is 23.7 Å². The Labute approximate surface area is 245 Å². The Hall–Kier alpha value is -4.00. The van der Waals surface area contributed by atoms with E-state index in [0.29, 0.717) is 37.4 Å². The molecule has 0 radical (unpaired) electrons. The number of rotatable bonds is 5. The fraction of sp³-hybridized carbons (Fsp3) is 0.429. The summed E-state index contributed by atoms with van der Waals surface area (Å²) in [5, 5.41) is 2.61. The zero-order valence-corrected chi connectivity index (χ0v) is 23.9. The maximum absolute atomic E-state index is 13.7. The molecule has 1 N–H and O–H groups in total. The molecule has 0 bridgehead atoms. The lowest BCUT2D eigenvalue weighted by molar-refractivity contribution is -0.153. The summed E-state index contributed by atoms with van der Waals surface area (Å²) in [5.41, 5.74) is 1.29. The number of hydrogen-bond acceptors (Lipinski definition) is 5. The molecule has 42 heavy (non-hydrogen) atoms. The zero-order chi connectivity index (χ0) is 30.6. The van der Waals surface area contributed by atoms with Gasteiger partial charge in [-0.25, -0.2) is 4.79 Å². The van der Waals surface area contributed by atoms with E-state index in [2.05, 4.69) is 5.32 Å². The van der Waals surface area contributed by atoms with E-state index in [-0.39, 0.29) is 47.8 Å². The minimum Gasteiger partial charge on any atom is -0.484 e. The monoisotopic (exact) mass is 609 g/mol. The first kappa shape index (κ1) is 30.9. The van der Waals surface area contributed by atoms with Crippen molar-refractivity contribution in [1.82, 2.24) is 20.0 Å². The lowest BCUT2D eigenvalue weighted by Crippen LogP contribution is -2.54. The first-order chi connectivity index (χ1) is 19.8. The van der Waals surface area contributed by atoms with E-state index in [4.69, 9.17) is 16.3 Å². The van der Waals surface area contributed by atoms with Gasteiger partial charge in [0.2, 0.25) is 11.8 Å². The molecule has 10 nitrogen and oxygen atoms in total. The zero-order valence-electron chi connectivity index (χ0n) is 23.1.